The van der Waals surface area contributed by atoms with Crippen LogP contribution in [0.2, 0.25) is 0 Å². The fourth-order valence-corrected chi connectivity index (χ4v) is 1.26. The third kappa shape index (κ3) is 5.49. The van der Waals surface area contributed by atoms with Crippen molar-refractivity contribution in [1.29, 1.82) is 0 Å². The first-order valence-electron chi connectivity index (χ1n) is 5.32. The molecular weight excluding hydrogens is 194 g/mol. The smallest absolute Gasteiger partial charge is 0.227 e. The summed E-state index contributed by atoms with van der Waals surface area (Å²) in [6, 6.07) is 0. The molecular formula is C10H19N3O2. The van der Waals surface area contributed by atoms with Gasteiger partial charge in [-0.2, -0.15) is 4.98 Å². The summed E-state index contributed by atoms with van der Waals surface area (Å²) in [6.45, 7) is 4.56. The van der Waals surface area contributed by atoms with E-state index >= 15 is 0 Å². The number of ether oxygens (including phenoxy) is 1. The first-order valence-corrected chi connectivity index (χ1v) is 5.32. The molecule has 0 radical (unpaired) electrons. The van der Waals surface area contributed by atoms with E-state index in [0.29, 0.717) is 11.7 Å². The highest BCUT2D eigenvalue weighted by Gasteiger charge is 2.00. The average Bonchev–Trinajstić information content (AvgIpc) is 2.63. The Kier molecular flexibility index (Phi) is 5.96. The van der Waals surface area contributed by atoms with Crippen molar-refractivity contribution in [1.82, 2.24) is 15.5 Å². The van der Waals surface area contributed by atoms with Crippen molar-refractivity contribution in [3.63, 3.8) is 0 Å². The number of methoxy groups -OCH3 is 1. The molecule has 0 amide bonds. The molecule has 86 valence electrons. The maximum absolute atomic E-state index is 4.99. The van der Waals surface area contributed by atoms with E-state index in [1.165, 1.54) is 0 Å². The summed E-state index contributed by atoms with van der Waals surface area (Å²) >= 11 is 0. The fourth-order valence-electron chi connectivity index (χ4n) is 1.26. The zero-order valence-electron chi connectivity index (χ0n) is 9.45. The van der Waals surface area contributed by atoms with Gasteiger partial charge in [0.05, 0.1) is 0 Å². The molecule has 1 heterocycles. The third-order valence-corrected chi connectivity index (χ3v) is 2.04. The van der Waals surface area contributed by atoms with Crippen molar-refractivity contribution >= 4 is 0 Å². The van der Waals surface area contributed by atoms with Gasteiger partial charge in [-0.05, 0) is 26.3 Å². The zero-order valence-corrected chi connectivity index (χ0v) is 9.45. The van der Waals surface area contributed by atoms with Crippen LogP contribution in [-0.4, -0.2) is 36.9 Å². The van der Waals surface area contributed by atoms with Crippen molar-refractivity contribution < 1.29 is 9.26 Å². The molecule has 0 aromatic carbocycles. The molecule has 0 aliphatic carbocycles. The lowest BCUT2D eigenvalue weighted by atomic mass is 10.3. The summed E-state index contributed by atoms with van der Waals surface area (Å²) in [5.74, 6) is 1.40. The molecule has 0 fully saturated rings. The number of aromatic nitrogens is 2. The standard InChI is InChI=1S/C10H19N3O2/c1-9-12-10(15-13-9)5-7-11-6-3-4-8-14-2/h11H,3-8H2,1-2H3. The highest BCUT2D eigenvalue weighted by Crippen LogP contribution is 1.95. The van der Waals surface area contributed by atoms with Gasteiger partial charge in [0, 0.05) is 26.7 Å². The second-order valence-corrected chi connectivity index (χ2v) is 3.44. The molecule has 15 heavy (non-hydrogen) atoms. The fraction of sp³-hybridized carbons (Fsp3) is 0.800. The highest BCUT2D eigenvalue weighted by atomic mass is 16.5. The van der Waals surface area contributed by atoms with Gasteiger partial charge in [-0.3, -0.25) is 0 Å². The van der Waals surface area contributed by atoms with Crippen LogP contribution in [0.5, 0.6) is 0 Å². The summed E-state index contributed by atoms with van der Waals surface area (Å²) < 4.78 is 9.95. The highest BCUT2D eigenvalue weighted by molar-refractivity contribution is 4.83. The minimum atomic E-state index is 0.699. The van der Waals surface area contributed by atoms with E-state index < -0.39 is 0 Å². The summed E-state index contributed by atoms with van der Waals surface area (Å²) in [5.41, 5.74) is 0. The Labute approximate surface area is 90.2 Å². The van der Waals surface area contributed by atoms with Crippen LogP contribution in [-0.2, 0) is 11.2 Å². The lowest BCUT2D eigenvalue weighted by Crippen LogP contribution is -2.18. The van der Waals surface area contributed by atoms with Crippen LogP contribution in [0.15, 0.2) is 4.52 Å². The quantitative estimate of drug-likeness (QED) is 0.651. The van der Waals surface area contributed by atoms with Crippen LogP contribution in [0.25, 0.3) is 0 Å². The molecule has 0 aliphatic rings. The molecule has 1 N–H and O–H groups in total. The summed E-state index contributed by atoms with van der Waals surface area (Å²) in [4.78, 5) is 4.12. The van der Waals surface area contributed by atoms with E-state index in [4.69, 9.17) is 9.26 Å². The Morgan fingerprint density at radius 1 is 1.33 bits per heavy atom. The predicted octanol–water partition coefficient (Wildman–Crippen LogP) is 0.937. The van der Waals surface area contributed by atoms with Crippen molar-refractivity contribution in [2.75, 3.05) is 26.8 Å². The second kappa shape index (κ2) is 7.36. The number of rotatable bonds is 8. The zero-order chi connectivity index (χ0) is 10.9. The molecule has 1 aromatic heterocycles. The van der Waals surface area contributed by atoms with Gasteiger partial charge in [0.2, 0.25) is 5.89 Å². The van der Waals surface area contributed by atoms with Crippen LogP contribution in [0.4, 0.5) is 0 Å². The Bertz CT molecular complexity index is 263. The molecule has 0 bridgehead atoms. The van der Waals surface area contributed by atoms with Gasteiger partial charge in [0.1, 0.15) is 0 Å². The minimum absolute atomic E-state index is 0.699. The molecule has 0 saturated heterocycles. The first kappa shape index (κ1) is 12.1. The Morgan fingerprint density at radius 3 is 2.87 bits per heavy atom. The van der Waals surface area contributed by atoms with Gasteiger partial charge in [0.15, 0.2) is 5.82 Å². The van der Waals surface area contributed by atoms with E-state index in [0.717, 1.165) is 39.0 Å². The van der Waals surface area contributed by atoms with Crippen LogP contribution < -0.4 is 5.32 Å². The number of hydrogen-bond acceptors (Lipinski definition) is 5. The number of nitrogens with zero attached hydrogens (tertiary/aromatic N) is 2. The second-order valence-electron chi connectivity index (χ2n) is 3.44. The summed E-state index contributed by atoms with van der Waals surface area (Å²) in [5, 5.41) is 7.04. The molecule has 0 saturated carbocycles. The molecule has 0 spiro atoms. The first-order chi connectivity index (χ1) is 7.33. The van der Waals surface area contributed by atoms with E-state index in [2.05, 4.69) is 15.5 Å². The SMILES string of the molecule is COCCCCNCCc1nc(C)no1. The van der Waals surface area contributed by atoms with Gasteiger partial charge in [-0.15, -0.1) is 0 Å². The lowest BCUT2D eigenvalue weighted by molar-refractivity contribution is 0.192. The van der Waals surface area contributed by atoms with Crippen molar-refractivity contribution in [3.8, 4) is 0 Å². The van der Waals surface area contributed by atoms with Crippen LogP contribution >= 0.6 is 0 Å². The number of hydrogen-bond donors (Lipinski definition) is 1. The van der Waals surface area contributed by atoms with E-state index in [9.17, 15) is 0 Å². The van der Waals surface area contributed by atoms with Crippen LogP contribution in [0, 0.1) is 6.92 Å². The van der Waals surface area contributed by atoms with Crippen molar-refractivity contribution in [2.45, 2.75) is 26.2 Å². The molecule has 0 unspecified atom stereocenters. The topological polar surface area (TPSA) is 60.2 Å². The normalized spacial score (nSPS) is 10.8. The van der Waals surface area contributed by atoms with Gasteiger partial charge < -0.3 is 14.6 Å². The monoisotopic (exact) mass is 213 g/mol. The Balaban J connectivity index is 1.93. The Hall–Kier alpha value is -0.940. The van der Waals surface area contributed by atoms with Gasteiger partial charge in [-0.1, -0.05) is 5.16 Å². The minimum Gasteiger partial charge on any atom is -0.385 e. The van der Waals surface area contributed by atoms with Crippen LogP contribution in [0.1, 0.15) is 24.6 Å². The lowest BCUT2D eigenvalue weighted by Gasteiger charge is -2.01. The molecule has 1 rings (SSSR count). The molecule has 0 aliphatic heterocycles. The maximum Gasteiger partial charge on any atom is 0.227 e. The van der Waals surface area contributed by atoms with Crippen molar-refractivity contribution in [2.24, 2.45) is 0 Å². The van der Waals surface area contributed by atoms with Crippen LogP contribution in [0.3, 0.4) is 0 Å². The summed E-state index contributed by atoms with van der Waals surface area (Å²) in [6.07, 6.45) is 3.03. The third-order valence-electron chi connectivity index (χ3n) is 2.04. The largest absolute Gasteiger partial charge is 0.385 e. The molecule has 5 heteroatoms. The number of aryl methyl sites for hydroxylation is 1. The van der Waals surface area contributed by atoms with Gasteiger partial charge >= 0.3 is 0 Å². The maximum atomic E-state index is 4.99. The summed E-state index contributed by atoms with van der Waals surface area (Å²) in [7, 11) is 1.73. The predicted molar refractivity (Wildman–Crippen MR) is 56.7 cm³/mol. The number of nitrogens with one attached hydrogen (secondary N) is 1. The van der Waals surface area contributed by atoms with Gasteiger partial charge in [0.25, 0.3) is 0 Å². The average molecular weight is 213 g/mol. The molecule has 0 atom stereocenters. The van der Waals surface area contributed by atoms with Crippen molar-refractivity contribution in [3.05, 3.63) is 11.7 Å². The molecule has 5 nitrogen and oxygen atoms in total. The molecule has 1 aromatic rings. The van der Waals surface area contributed by atoms with E-state index in [1.807, 2.05) is 6.92 Å². The number of unbranched alkanes of at least 4 members (excludes halogenated alkanes) is 1. The van der Waals surface area contributed by atoms with E-state index in [-0.39, 0.29) is 0 Å². The Morgan fingerprint density at radius 2 is 2.20 bits per heavy atom. The van der Waals surface area contributed by atoms with E-state index in [1.54, 1.807) is 7.11 Å². The van der Waals surface area contributed by atoms with Gasteiger partial charge in [-0.25, -0.2) is 0 Å².